The van der Waals surface area contributed by atoms with Gasteiger partial charge in [-0.1, -0.05) is 19.8 Å². The molecule has 0 spiro atoms. The van der Waals surface area contributed by atoms with Crippen LogP contribution in [-0.2, 0) is 19.1 Å². The topological polar surface area (TPSA) is 52.6 Å². The Kier molecular flexibility index (Phi) is 6.18. The highest BCUT2D eigenvalue weighted by molar-refractivity contribution is 6.00. The van der Waals surface area contributed by atoms with E-state index < -0.39 is 5.92 Å². The lowest BCUT2D eigenvalue weighted by Gasteiger charge is -2.26. The van der Waals surface area contributed by atoms with Crippen LogP contribution in [0.2, 0.25) is 0 Å². The van der Waals surface area contributed by atoms with Crippen LogP contribution in [0.4, 0.5) is 0 Å². The zero-order chi connectivity index (χ0) is 15.3. The number of hydrogen-bond donors (Lipinski definition) is 0. The minimum atomic E-state index is -0.537. The van der Waals surface area contributed by atoms with E-state index in [1.165, 1.54) is 7.11 Å². The van der Waals surface area contributed by atoms with Crippen LogP contribution in [0.5, 0.6) is 0 Å². The maximum Gasteiger partial charge on any atom is 0.316 e. The van der Waals surface area contributed by atoms with Gasteiger partial charge in [-0.05, 0) is 38.5 Å². The third kappa shape index (κ3) is 4.30. The van der Waals surface area contributed by atoms with E-state index in [9.17, 15) is 9.59 Å². The molecule has 1 fully saturated rings. The first kappa shape index (κ1) is 17.2. The molecule has 0 aromatic rings. The minimum absolute atomic E-state index is 0.0471. The van der Waals surface area contributed by atoms with Crippen LogP contribution in [0.1, 0.15) is 52.9 Å². The number of Topliss-reactive ketones (excluding diaryl/α,β-unsaturated/α-hetero) is 1. The van der Waals surface area contributed by atoms with Crippen molar-refractivity contribution in [3.8, 4) is 0 Å². The van der Waals surface area contributed by atoms with Crippen molar-refractivity contribution in [3.05, 3.63) is 0 Å². The smallest absolute Gasteiger partial charge is 0.316 e. The fourth-order valence-electron chi connectivity index (χ4n) is 3.08. The molecule has 0 aliphatic heterocycles. The molecule has 4 nitrogen and oxygen atoms in total. The number of hydrogen-bond acceptors (Lipinski definition) is 4. The van der Waals surface area contributed by atoms with Crippen molar-refractivity contribution in [1.82, 2.24) is 0 Å². The Hall–Kier alpha value is -0.900. The summed E-state index contributed by atoms with van der Waals surface area (Å²) in [5.74, 6) is -0.350. The first-order valence-electron chi connectivity index (χ1n) is 7.48. The summed E-state index contributed by atoms with van der Waals surface area (Å²) >= 11 is 0. The quantitative estimate of drug-likeness (QED) is 0.533. The Bertz CT molecular complexity index is 348. The van der Waals surface area contributed by atoms with E-state index in [-0.39, 0.29) is 23.3 Å². The lowest BCUT2D eigenvalue weighted by molar-refractivity contribution is -0.150. The van der Waals surface area contributed by atoms with Crippen LogP contribution in [0, 0.1) is 17.8 Å². The van der Waals surface area contributed by atoms with E-state index in [1.54, 1.807) is 7.11 Å². The first-order chi connectivity index (χ1) is 9.32. The zero-order valence-corrected chi connectivity index (χ0v) is 13.4. The highest BCUT2D eigenvalue weighted by atomic mass is 16.5. The van der Waals surface area contributed by atoms with Crippen molar-refractivity contribution in [2.24, 2.45) is 17.8 Å². The molecule has 1 unspecified atom stereocenters. The van der Waals surface area contributed by atoms with Crippen LogP contribution in [-0.4, -0.2) is 31.6 Å². The molecule has 0 amide bonds. The molecule has 0 saturated heterocycles. The summed E-state index contributed by atoms with van der Waals surface area (Å²) in [4.78, 5) is 23.6. The van der Waals surface area contributed by atoms with Gasteiger partial charge in [-0.15, -0.1) is 0 Å². The molecule has 1 saturated carbocycles. The highest BCUT2D eigenvalue weighted by Gasteiger charge is 2.42. The number of ketones is 1. The van der Waals surface area contributed by atoms with Gasteiger partial charge in [0.25, 0.3) is 0 Å². The van der Waals surface area contributed by atoms with E-state index in [2.05, 4.69) is 20.8 Å². The molecule has 0 aromatic heterocycles. The standard InChI is InChI=1S/C16H28O4/c1-11(7-6-10-16(2,3)20-5)12-8-9-13(17)14(12)15(18)19-4/h11-12,14H,6-10H2,1-5H3/t11?,12-,14-/m1/s1. The van der Waals surface area contributed by atoms with Gasteiger partial charge >= 0.3 is 5.97 Å². The van der Waals surface area contributed by atoms with Gasteiger partial charge in [0, 0.05) is 13.5 Å². The van der Waals surface area contributed by atoms with Gasteiger partial charge in [0.05, 0.1) is 12.7 Å². The number of esters is 1. The van der Waals surface area contributed by atoms with Crippen molar-refractivity contribution in [3.63, 3.8) is 0 Å². The molecule has 0 bridgehead atoms. The summed E-state index contributed by atoms with van der Waals surface area (Å²) in [6.45, 7) is 6.29. The Balaban J connectivity index is 2.52. The van der Waals surface area contributed by atoms with Crippen molar-refractivity contribution < 1.29 is 19.1 Å². The summed E-state index contributed by atoms with van der Waals surface area (Å²) in [7, 11) is 3.09. The van der Waals surface area contributed by atoms with Gasteiger partial charge < -0.3 is 9.47 Å². The maximum absolute atomic E-state index is 11.8. The third-order valence-corrected chi connectivity index (χ3v) is 4.68. The number of ether oxygens (including phenoxy) is 2. The van der Waals surface area contributed by atoms with Gasteiger partial charge in [-0.2, -0.15) is 0 Å². The van der Waals surface area contributed by atoms with Gasteiger partial charge in [0.1, 0.15) is 11.7 Å². The monoisotopic (exact) mass is 284 g/mol. The predicted octanol–water partition coefficient (Wildman–Crippen LogP) is 2.99. The Morgan fingerprint density at radius 2 is 2.05 bits per heavy atom. The second-order valence-corrected chi connectivity index (χ2v) is 6.50. The van der Waals surface area contributed by atoms with Gasteiger partial charge in [-0.25, -0.2) is 0 Å². The Labute approximate surface area is 122 Å². The molecule has 3 atom stereocenters. The SMILES string of the molecule is COC(=O)[C@H]1C(=O)CC[C@@H]1C(C)CCCC(C)(C)OC. The van der Waals surface area contributed by atoms with Crippen molar-refractivity contribution in [2.45, 2.75) is 58.5 Å². The first-order valence-corrected chi connectivity index (χ1v) is 7.48. The van der Waals surface area contributed by atoms with Gasteiger partial charge in [-0.3, -0.25) is 9.59 Å². The molecule has 1 aliphatic carbocycles. The third-order valence-electron chi connectivity index (χ3n) is 4.68. The van der Waals surface area contributed by atoms with Crippen molar-refractivity contribution in [1.29, 1.82) is 0 Å². The molecule has 0 aromatic carbocycles. The van der Waals surface area contributed by atoms with E-state index in [0.717, 1.165) is 25.7 Å². The van der Waals surface area contributed by atoms with Crippen LogP contribution in [0.15, 0.2) is 0 Å². The number of carbonyl (C=O) groups is 2. The van der Waals surface area contributed by atoms with Gasteiger partial charge in [0.15, 0.2) is 0 Å². The zero-order valence-electron chi connectivity index (χ0n) is 13.4. The van der Waals surface area contributed by atoms with Crippen LogP contribution >= 0.6 is 0 Å². The number of methoxy groups -OCH3 is 2. The Morgan fingerprint density at radius 3 is 2.60 bits per heavy atom. The molecule has 4 heteroatoms. The molecule has 0 N–H and O–H groups in total. The largest absolute Gasteiger partial charge is 0.468 e. The molecule has 20 heavy (non-hydrogen) atoms. The summed E-state index contributed by atoms with van der Waals surface area (Å²) in [6, 6.07) is 0. The second-order valence-electron chi connectivity index (χ2n) is 6.50. The predicted molar refractivity (Wildman–Crippen MR) is 77.3 cm³/mol. The van der Waals surface area contributed by atoms with Gasteiger partial charge in [0.2, 0.25) is 0 Å². The molecule has 1 rings (SSSR count). The molecular formula is C16H28O4. The van der Waals surface area contributed by atoms with Crippen LogP contribution in [0.3, 0.4) is 0 Å². The molecule has 1 aliphatic rings. The van der Waals surface area contributed by atoms with E-state index in [4.69, 9.17) is 9.47 Å². The summed E-state index contributed by atoms with van der Waals surface area (Å²) in [6.07, 6.45) is 4.36. The average Bonchev–Trinajstić information content (AvgIpc) is 2.79. The number of rotatable bonds is 7. The second kappa shape index (κ2) is 7.21. The molecule has 0 radical (unpaired) electrons. The van der Waals surface area contributed by atoms with E-state index >= 15 is 0 Å². The van der Waals surface area contributed by atoms with Crippen molar-refractivity contribution in [2.75, 3.05) is 14.2 Å². The Morgan fingerprint density at radius 1 is 1.40 bits per heavy atom. The normalized spacial score (nSPS) is 24.8. The maximum atomic E-state index is 11.8. The van der Waals surface area contributed by atoms with Crippen LogP contribution < -0.4 is 0 Å². The summed E-state index contributed by atoms with van der Waals surface area (Å²) in [5, 5.41) is 0. The van der Waals surface area contributed by atoms with E-state index in [0.29, 0.717) is 12.3 Å². The fourth-order valence-corrected chi connectivity index (χ4v) is 3.08. The molecular weight excluding hydrogens is 256 g/mol. The highest BCUT2D eigenvalue weighted by Crippen LogP contribution is 2.37. The molecule has 0 heterocycles. The lowest BCUT2D eigenvalue weighted by atomic mass is 9.81. The average molecular weight is 284 g/mol. The minimum Gasteiger partial charge on any atom is -0.468 e. The summed E-state index contributed by atoms with van der Waals surface area (Å²) < 4.78 is 10.2. The summed E-state index contributed by atoms with van der Waals surface area (Å²) in [5.41, 5.74) is -0.104. The number of carbonyl (C=O) groups excluding carboxylic acids is 2. The lowest BCUT2D eigenvalue weighted by Crippen LogP contribution is -2.30. The fraction of sp³-hybridized carbons (Fsp3) is 0.875. The van der Waals surface area contributed by atoms with E-state index in [1.807, 2.05) is 0 Å². The van der Waals surface area contributed by atoms with Crippen molar-refractivity contribution >= 4 is 11.8 Å². The van der Waals surface area contributed by atoms with Crippen LogP contribution in [0.25, 0.3) is 0 Å². The molecule has 116 valence electrons.